The fourth-order valence-corrected chi connectivity index (χ4v) is 2.26. The molecule has 1 atom stereocenters. The number of carbonyl (C=O) groups is 1. The highest BCUT2D eigenvalue weighted by molar-refractivity contribution is 7.07. The molecule has 1 aromatic heterocycles. The summed E-state index contributed by atoms with van der Waals surface area (Å²) in [6.45, 7) is 2.11. The molecule has 0 saturated carbocycles. The first kappa shape index (κ1) is 13.8. The van der Waals surface area contributed by atoms with Crippen molar-refractivity contribution in [3.63, 3.8) is 0 Å². The van der Waals surface area contributed by atoms with Crippen LogP contribution in [0, 0.1) is 0 Å². The summed E-state index contributed by atoms with van der Waals surface area (Å²) in [5, 5.41) is 5.57. The molecule has 6 heteroatoms. The van der Waals surface area contributed by atoms with Crippen LogP contribution in [0.2, 0.25) is 5.02 Å². The van der Waals surface area contributed by atoms with Crippen molar-refractivity contribution in [2.24, 2.45) is 0 Å². The molecule has 100 valence electrons. The van der Waals surface area contributed by atoms with Gasteiger partial charge in [0.2, 0.25) is 0 Å². The second-order valence-electron chi connectivity index (χ2n) is 3.75. The summed E-state index contributed by atoms with van der Waals surface area (Å²) in [6, 6.07) is 6.52. The number of rotatable bonds is 5. The second-order valence-corrected chi connectivity index (χ2v) is 4.90. The molecule has 0 saturated heterocycles. The van der Waals surface area contributed by atoms with Crippen molar-refractivity contribution < 1.29 is 9.53 Å². The Hall–Kier alpha value is -1.59. The molecule has 1 aromatic carbocycles. The van der Waals surface area contributed by atoms with E-state index in [-0.39, 0.29) is 5.97 Å². The van der Waals surface area contributed by atoms with Crippen LogP contribution in [0.15, 0.2) is 35.2 Å². The number of nitrogens with zero attached hydrogens (tertiary/aromatic N) is 1. The van der Waals surface area contributed by atoms with Gasteiger partial charge in [0.25, 0.3) is 0 Å². The highest BCUT2D eigenvalue weighted by Gasteiger charge is 2.23. The highest BCUT2D eigenvalue weighted by Crippen LogP contribution is 2.22. The van der Waals surface area contributed by atoms with Crippen molar-refractivity contribution in [2.45, 2.75) is 13.0 Å². The van der Waals surface area contributed by atoms with E-state index in [0.29, 0.717) is 17.3 Å². The van der Waals surface area contributed by atoms with Crippen LogP contribution in [0.5, 0.6) is 0 Å². The van der Waals surface area contributed by atoms with Gasteiger partial charge in [-0.25, -0.2) is 9.78 Å². The molecule has 1 heterocycles. The van der Waals surface area contributed by atoms with E-state index >= 15 is 0 Å². The van der Waals surface area contributed by atoms with E-state index in [1.165, 1.54) is 11.3 Å². The van der Waals surface area contributed by atoms with Gasteiger partial charge in [-0.15, -0.1) is 11.3 Å². The number of hydrogen-bond donors (Lipinski definition) is 1. The SMILES string of the molecule is CCOC(=O)C(Nc1ccc(Cl)cc1)c1cscn1. The predicted molar refractivity (Wildman–Crippen MR) is 76.6 cm³/mol. The minimum absolute atomic E-state index is 0.335. The summed E-state index contributed by atoms with van der Waals surface area (Å²) >= 11 is 7.27. The molecule has 1 N–H and O–H groups in total. The fourth-order valence-electron chi connectivity index (χ4n) is 1.56. The van der Waals surface area contributed by atoms with Crippen LogP contribution in [-0.2, 0) is 9.53 Å². The zero-order valence-electron chi connectivity index (χ0n) is 10.3. The lowest BCUT2D eigenvalue weighted by molar-refractivity contribution is -0.144. The molecule has 4 nitrogen and oxygen atoms in total. The second kappa shape index (κ2) is 6.54. The smallest absolute Gasteiger partial charge is 0.334 e. The summed E-state index contributed by atoms with van der Waals surface area (Å²) in [5.41, 5.74) is 3.12. The van der Waals surface area contributed by atoms with Crippen LogP contribution in [0.3, 0.4) is 0 Å². The zero-order valence-corrected chi connectivity index (χ0v) is 11.9. The molecule has 0 fully saturated rings. The van der Waals surface area contributed by atoms with Crippen LogP contribution < -0.4 is 5.32 Å². The van der Waals surface area contributed by atoms with Gasteiger partial charge in [0.1, 0.15) is 0 Å². The zero-order chi connectivity index (χ0) is 13.7. The number of carbonyl (C=O) groups excluding carboxylic acids is 1. The van der Waals surface area contributed by atoms with E-state index in [1.807, 2.05) is 5.38 Å². The summed E-state index contributed by atoms with van der Waals surface area (Å²) in [5.74, 6) is -0.344. The van der Waals surface area contributed by atoms with Gasteiger partial charge in [0.05, 0.1) is 17.8 Å². The van der Waals surface area contributed by atoms with Crippen LogP contribution >= 0.6 is 22.9 Å². The van der Waals surface area contributed by atoms with Crippen molar-refractivity contribution in [3.8, 4) is 0 Å². The maximum atomic E-state index is 12.0. The molecule has 0 aliphatic carbocycles. The Morgan fingerprint density at radius 3 is 2.79 bits per heavy atom. The predicted octanol–water partition coefficient (Wildman–Crippen LogP) is 3.51. The first-order chi connectivity index (χ1) is 9.20. The lowest BCUT2D eigenvalue weighted by Crippen LogP contribution is -2.23. The Labute approximate surface area is 120 Å². The van der Waals surface area contributed by atoms with Gasteiger partial charge in [0.15, 0.2) is 6.04 Å². The first-order valence-electron chi connectivity index (χ1n) is 5.77. The average molecular weight is 297 g/mol. The van der Waals surface area contributed by atoms with E-state index in [2.05, 4.69) is 10.3 Å². The molecule has 2 rings (SSSR count). The van der Waals surface area contributed by atoms with Gasteiger partial charge in [-0.05, 0) is 31.2 Å². The van der Waals surface area contributed by atoms with Crippen LogP contribution in [0.25, 0.3) is 0 Å². The monoisotopic (exact) mass is 296 g/mol. The molecular weight excluding hydrogens is 284 g/mol. The van der Waals surface area contributed by atoms with Crippen LogP contribution in [0.4, 0.5) is 5.69 Å². The number of halogens is 1. The topological polar surface area (TPSA) is 51.2 Å². The maximum absolute atomic E-state index is 12.0. The highest BCUT2D eigenvalue weighted by atomic mass is 35.5. The number of hydrogen-bond acceptors (Lipinski definition) is 5. The Balaban J connectivity index is 2.18. The third-order valence-corrected chi connectivity index (χ3v) is 3.28. The molecule has 0 aliphatic rings. The number of aromatic nitrogens is 1. The minimum atomic E-state index is -0.604. The Bertz CT molecular complexity index is 528. The lowest BCUT2D eigenvalue weighted by Gasteiger charge is -2.16. The van der Waals surface area contributed by atoms with E-state index in [9.17, 15) is 4.79 Å². The molecule has 0 aliphatic heterocycles. The number of anilines is 1. The molecule has 0 bridgehead atoms. The van der Waals surface area contributed by atoms with Gasteiger partial charge in [-0.1, -0.05) is 11.6 Å². The Morgan fingerprint density at radius 1 is 1.47 bits per heavy atom. The fraction of sp³-hybridized carbons (Fsp3) is 0.231. The molecule has 1 unspecified atom stereocenters. The van der Waals surface area contributed by atoms with Crippen molar-refractivity contribution >= 4 is 34.6 Å². The molecule has 19 heavy (non-hydrogen) atoms. The minimum Gasteiger partial charge on any atom is -0.464 e. The third-order valence-electron chi connectivity index (χ3n) is 2.42. The van der Waals surface area contributed by atoms with Gasteiger partial charge in [-0.2, -0.15) is 0 Å². The lowest BCUT2D eigenvalue weighted by atomic mass is 10.2. The summed E-state index contributed by atoms with van der Waals surface area (Å²) in [7, 11) is 0. The van der Waals surface area contributed by atoms with Crippen molar-refractivity contribution in [2.75, 3.05) is 11.9 Å². The summed E-state index contributed by atoms with van der Waals surface area (Å²) < 4.78 is 5.06. The largest absolute Gasteiger partial charge is 0.464 e. The molecule has 0 amide bonds. The number of benzene rings is 1. The number of ether oxygens (including phenoxy) is 1. The normalized spacial score (nSPS) is 11.9. The van der Waals surface area contributed by atoms with E-state index in [4.69, 9.17) is 16.3 Å². The summed E-state index contributed by atoms with van der Waals surface area (Å²) in [4.78, 5) is 16.1. The quantitative estimate of drug-likeness (QED) is 0.858. The van der Waals surface area contributed by atoms with E-state index < -0.39 is 6.04 Å². The average Bonchev–Trinajstić information content (AvgIpc) is 2.92. The van der Waals surface area contributed by atoms with Crippen molar-refractivity contribution in [1.82, 2.24) is 4.98 Å². The third kappa shape index (κ3) is 3.68. The molecule has 2 aromatic rings. The van der Waals surface area contributed by atoms with Gasteiger partial charge in [-0.3, -0.25) is 0 Å². The van der Waals surface area contributed by atoms with E-state index in [0.717, 1.165) is 5.69 Å². The Kier molecular flexibility index (Phi) is 4.76. The number of esters is 1. The van der Waals surface area contributed by atoms with Crippen molar-refractivity contribution in [3.05, 3.63) is 45.9 Å². The Morgan fingerprint density at radius 2 is 2.21 bits per heavy atom. The van der Waals surface area contributed by atoms with Gasteiger partial charge in [0, 0.05) is 16.1 Å². The number of thiazole rings is 1. The first-order valence-corrected chi connectivity index (χ1v) is 7.09. The van der Waals surface area contributed by atoms with Crippen LogP contribution in [-0.4, -0.2) is 17.6 Å². The van der Waals surface area contributed by atoms with Crippen LogP contribution in [0.1, 0.15) is 18.7 Å². The van der Waals surface area contributed by atoms with E-state index in [1.54, 1.807) is 36.7 Å². The molecular formula is C13H13ClN2O2S. The van der Waals surface area contributed by atoms with Crippen molar-refractivity contribution in [1.29, 1.82) is 0 Å². The maximum Gasteiger partial charge on any atom is 0.334 e. The standard InChI is InChI=1S/C13H13ClN2O2S/c1-2-18-13(17)12(11-7-19-8-15-11)16-10-5-3-9(14)4-6-10/h3-8,12,16H,2H2,1H3. The summed E-state index contributed by atoms with van der Waals surface area (Å²) in [6.07, 6.45) is 0. The molecule has 0 spiro atoms. The molecule has 0 radical (unpaired) electrons. The number of nitrogens with one attached hydrogen (secondary N) is 1. The van der Waals surface area contributed by atoms with Gasteiger partial charge >= 0.3 is 5.97 Å². The van der Waals surface area contributed by atoms with Gasteiger partial charge < -0.3 is 10.1 Å².